The Hall–Kier alpha value is -1.47. The Bertz CT molecular complexity index is 669. The van der Waals surface area contributed by atoms with Crippen LogP contribution in [0.1, 0.15) is 80.1 Å². The van der Waals surface area contributed by atoms with E-state index in [1.54, 1.807) is 27.9 Å². The first kappa shape index (κ1) is 26.8. The normalized spacial score (nSPS) is 29.8. The zero-order valence-corrected chi connectivity index (χ0v) is 21.2. The van der Waals surface area contributed by atoms with Crippen molar-refractivity contribution in [3.63, 3.8) is 0 Å². The first-order valence-electron chi connectivity index (χ1n) is 12.2. The molecule has 184 valence electrons. The van der Waals surface area contributed by atoms with Crippen molar-refractivity contribution in [2.75, 3.05) is 33.4 Å². The molecule has 7 heteroatoms. The molecule has 2 fully saturated rings. The summed E-state index contributed by atoms with van der Waals surface area (Å²) in [6.07, 6.45) is 4.24. The van der Waals surface area contributed by atoms with Gasteiger partial charge in [0.1, 0.15) is 17.8 Å². The number of hydrogen-bond donors (Lipinski definition) is 0. The summed E-state index contributed by atoms with van der Waals surface area (Å²) in [6.45, 7) is 14.0. The summed E-state index contributed by atoms with van der Waals surface area (Å²) in [5.41, 5.74) is -1.68. The van der Waals surface area contributed by atoms with E-state index in [0.29, 0.717) is 19.0 Å². The number of hydrogen-bond acceptors (Lipinski definition) is 6. The highest BCUT2D eigenvalue weighted by atomic mass is 16.5. The quantitative estimate of drug-likeness (QED) is 0.482. The second kappa shape index (κ2) is 11.1. The molecule has 1 amide bonds. The minimum atomic E-state index is -1.21. The lowest BCUT2D eigenvalue weighted by Crippen LogP contribution is -2.51. The summed E-state index contributed by atoms with van der Waals surface area (Å²) in [5, 5.41) is 0. The number of methoxy groups -OCH3 is 1. The van der Waals surface area contributed by atoms with Gasteiger partial charge in [-0.25, -0.2) is 0 Å². The average molecular weight is 453 g/mol. The number of carbonyl (C=O) groups excluding carboxylic acids is 3. The van der Waals surface area contributed by atoms with Crippen molar-refractivity contribution in [2.24, 2.45) is 11.3 Å². The molecule has 0 bridgehead atoms. The third-order valence-electron chi connectivity index (χ3n) is 7.72. The summed E-state index contributed by atoms with van der Waals surface area (Å²) in [5.74, 6) is -0.370. The predicted octanol–water partition coefficient (Wildman–Crippen LogP) is 3.44. The van der Waals surface area contributed by atoms with Gasteiger partial charge in [-0.15, -0.1) is 0 Å². The molecule has 0 spiro atoms. The van der Waals surface area contributed by atoms with Gasteiger partial charge in [-0.1, -0.05) is 0 Å². The zero-order chi connectivity index (χ0) is 24.1. The van der Waals surface area contributed by atoms with Crippen LogP contribution in [-0.4, -0.2) is 78.5 Å². The molecule has 2 aliphatic rings. The van der Waals surface area contributed by atoms with Gasteiger partial charge in [-0.05, 0) is 85.7 Å². The third kappa shape index (κ3) is 6.53. The van der Waals surface area contributed by atoms with Gasteiger partial charge in [0.15, 0.2) is 0 Å². The first-order valence-corrected chi connectivity index (χ1v) is 12.2. The molecule has 0 N–H and O–H groups in total. The molecule has 0 aliphatic carbocycles. The maximum absolute atomic E-state index is 12.9. The van der Waals surface area contributed by atoms with Crippen molar-refractivity contribution in [3.8, 4) is 0 Å². The number of rotatable bonds is 3. The number of carbonyl (C=O) groups is 3. The Morgan fingerprint density at radius 1 is 1.09 bits per heavy atom. The van der Waals surface area contributed by atoms with E-state index >= 15 is 0 Å². The number of ether oxygens (including phenoxy) is 2. The van der Waals surface area contributed by atoms with Crippen LogP contribution in [0, 0.1) is 11.3 Å². The van der Waals surface area contributed by atoms with E-state index in [2.05, 4.69) is 18.7 Å². The number of ketones is 1. The highest BCUT2D eigenvalue weighted by molar-refractivity contribution is 6.02. The molecule has 7 nitrogen and oxygen atoms in total. The van der Waals surface area contributed by atoms with E-state index in [1.807, 2.05) is 11.8 Å². The molecule has 2 heterocycles. The van der Waals surface area contributed by atoms with Crippen molar-refractivity contribution in [3.05, 3.63) is 0 Å². The number of likely N-dealkylation sites (tertiary alicyclic amines) is 1. The van der Waals surface area contributed by atoms with Gasteiger partial charge in [-0.3, -0.25) is 14.4 Å². The van der Waals surface area contributed by atoms with Crippen LogP contribution in [-0.2, 0) is 23.9 Å². The third-order valence-corrected chi connectivity index (χ3v) is 7.72. The molecule has 2 aliphatic heterocycles. The Labute approximate surface area is 194 Å². The van der Waals surface area contributed by atoms with Crippen LogP contribution in [0.5, 0.6) is 0 Å². The molecule has 2 atom stereocenters. The van der Waals surface area contributed by atoms with Gasteiger partial charge in [-0.2, -0.15) is 0 Å². The van der Waals surface area contributed by atoms with Gasteiger partial charge in [0, 0.05) is 33.0 Å². The summed E-state index contributed by atoms with van der Waals surface area (Å²) in [7, 11) is 1.66. The van der Waals surface area contributed by atoms with Crippen LogP contribution in [0.3, 0.4) is 0 Å². The number of piperidine rings is 1. The number of nitrogens with zero attached hydrogens (tertiary/aromatic N) is 2. The summed E-state index contributed by atoms with van der Waals surface area (Å²) in [6, 6.07) is 0.322. The summed E-state index contributed by atoms with van der Waals surface area (Å²) in [4.78, 5) is 42.9. The first-order chi connectivity index (χ1) is 14.9. The second-order valence-electron chi connectivity index (χ2n) is 10.7. The highest BCUT2D eigenvalue weighted by Gasteiger charge is 2.41. The summed E-state index contributed by atoms with van der Waals surface area (Å²) >= 11 is 0. The average Bonchev–Trinajstić information content (AvgIpc) is 2.75. The fourth-order valence-corrected chi connectivity index (χ4v) is 4.96. The number of cyclic esters (lactones) is 1. The SMILES string of the molecule is CO[C@]1(C)CCCN(C(C)=O)C(C2CCN(C(C)C)CC2)COC(=O)C(C)(C)C(=O)CC1. The van der Waals surface area contributed by atoms with Crippen molar-refractivity contribution >= 4 is 17.7 Å². The molecular weight excluding hydrogens is 408 g/mol. The molecule has 0 saturated carbocycles. The van der Waals surface area contributed by atoms with Crippen LogP contribution >= 0.6 is 0 Å². The van der Waals surface area contributed by atoms with Crippen molar-refractivity contribution in [2.45, 2.75) is 97.8 Å². The standard InChI is InChI=1S/C25H44N2O5/c1-18(2)26-15-10-20(11-16-26)21-17-32-23(30)24(4,5)22(29)9-13-25(6,31-7)12-8-14-27(21)19(3)28/h18,20-21H,8-17H2,1-7H3/t21?,25-/m1/s1. The van der Waals surface area contributed by atoms with Crippen molar-refractivity contribution in [1.29, 1.82) is 0 Å². The fraction of sp³-hybridized carbons (Fsp3) is 0.880. The molecule has 1 unspecified atom stereocenters. The Morgan fingerprint density at radius 3 is 2.25 bits per heavy atom. The van der Waals surface area contributed by atoms with Crippen molar-refractivity contribution < 1.29 is 23.9 Å². The number of amides is 1. The van der Waals surface area contributed by atoms with Gasteiger partial charge >= 0.3 is 5.97 Å². The van der Waals surface area contributed by atoms with Crippen molar-refractivity contribution in [1.82, 2.24) is 9.80 Å². The van der Waals surface area contributed by atoms with Crippen LogP contribution in [0.4, 0.5) is 0 Å². The largest absolute Gasteiger partial charge is 0.463 e. The van der Waals surface area contributed by atoms with Gasteiger partial charge in [0.05, 0.1) is 11.6 Å². The monoisotopic (exact) mass is 452 g/mol. The highest BCUT2D eigenvalue weighted by Crippen LogP contribution is 2.31. The van der Waals surface area contributed by atoms with Crippen LogP contribution in [0.2, 0.25) is 0 Å². The molecular formula is C25H44N2O5. The maximum Gasteiger partial charge on any atom is 0.319 e. The van der Waals surface area contributed by atoms with E-state index in [0.717, 1.165) is 38.8 Å². The van der Waals surface area contributed by atoms with Crippen LogP contribution in [0.15, 0.2) is 0 Å². The minimum Gasteiger partial charge on any atom is -0.463 e. The summed E-state index contributed by atoms with van der Waals surface area (Å²) < 4.78 is 11.5. The predicted molar refractivity (Wildman–Crippen MR) is 124 cm³/mol. The van der Waals surface area contributed by atoms with E-state index in [1.165, 1.54) is 0 Å². The molecule has 2 saturated heterocycles. The lowest BCUT2D eigenvalue weighted by molar-refractivity contribution is -0.162. The topological polar surface area (TPSA) is 76.2 Å². The second-order valence-corrected chi connectivity index (χ2v) is 10.7. The molecule has 0 aromatic heterocycles. The zero-order valence-electron chi connectivity index (χ0n) is 21.2. The van der Waals surface area contributed by atoms with Gasteiger partial charge in [0.2, 0.25) is 5.91 Å². The molecule has 0 aromatic carbocycles. The maximum atomic E-state index is 12.9. The molecule has 0 radical (unpaired) electrons. The Morgan fingerprint density at radius 2 is 1.72 bits per heavy atom. The molecule has 32 heavy (non-hydrogen) atoms. The Balaban J connectivity index is 2.30. The lowest BCUT2D eigenvalue weighted by Gasteiger charge is -2.42. The number of esters is 1. The van der Waals surface area contributed by atoms with E-state index in [-0.39, 0.29) is 36.7 Å². The smallest absolute Gasteiger partial charge is 0.319 e. The molecule has 2 rings (SSSR count). The van der Waals surface area contributed by atoms with E-state index in [4.69, 9.17) is 9.47 Å². The minimum absolute atomic E-state index is 0.00154. The molecule has 0 aromatic rings. The lowest BCUT2D eigenvalue weighted by atomic mass is 9.83. The Kier molecular flexibility index (Phi) is 9.29. The van der Waals surface area contributed by atoms with Gasteiger partial charge in [0.25, 0.3) is 0 Å². The van der Waals surface area contributed by atoms with E-state index in [9.17, 15) is 14.4 Å². The van der Waals surface area contributed by atoms with Crippen LogP contribution in [0.25, 0.3) is 0 Å². The fourth-order valence-electron chi connectivity index (χ4n) is 4.96. The van der Waals surface area contributed by atoms with Gasteiger partial charge < -0.3 is 19.3 Å². The van der Waals surface area contributed by atoms with Crippen LogP contribution < -0.4 is 0 Å². The van der Waals surface area contributed by atoms with E-state index < -0.39 is 17.0 Å². The number of Topliss-reactive ketones (excluding diaryl/α,β-unsaturated/α-hetero) is 1.